The summed E-state index contributed by atoms with van der Waals surface area (Å²) in [7, 11) is 0. The Morgan fingerprint density at radius 2 is 1.86 bits per heavy atom. The highest BCUT2D eigenvalue weighted by Gasteiger charge is 2.03. The molecule has 0 aliphatic carbocycles. The molecule has 0 aromatic heterocycles. The SMILES string of the molecule is C/C(=N\NC(=O)CNc1ccccc1Cl)c1ccc(N)cc1. The second-order valence-electron chi connectivity index (χ2n) is 4.69. The lowest BCUT2D eigenvalue weighted by molar-refractivity contribution is -0.119. The van der Waals surface area contributed by atoms with Gasteiger partial charge in [-0.05, 0) is 36.8 Å². The molecule has 0 fully saturated rings. The number of nitrogen functional groups attached to an aromatic ring is 1. The van der Waals surface area contributed by atoms with E-state index in [1.165, 1.54) is 0 Å². The maximum atomic E-state index is 11.8. The third kappa shape index (κ3) is 4.49. The van der Waals surface area contributed by atoms with E-state index in [1.807, 2.05) is 31.2 Å². The van der Waals surface area contributed by atoms with Crippen molar-refractivity contribution in [3.63, 3.8) is 0 Å². The van der Waals surface area contributed by atoms with Gasteiger partial charge in [0.2, 0.25) is 0 Å². The average molecular weight is 317 g/mol. The molecule has 0 spiro atoms. The molecule has 1 amide bonds. The van der Waals surface area contributed by atoms with Crippen LogP contribution >= 0.6 is 11.6 Å². The third-order valence-corrected chi connectivity index (χ3v) is 3.32. The number of benzene rings is 2. The number of nitrogens with two attached hydrogens (primary N) is 1. The van der Waals surface area contributed by atoms with E-state index >= 15 is 0 Å². The van der Waals surface area contributed by atoms with Crippen molar-refractivity contribution < 1.29 is 4.79 Å². The van der Waals surface area contributed by atoms with Crippen LogP contribution in [0, 0.1) is 0 Å². The maximum absolute atomic E-state index is 11.8. The van der Waals surface area contributed by atoms with E-state index in [2.05, 4.69) is 15.8 Å². The predicted octanol–water partition coefficient (Wildman–Crippen LogP) is 2.87. The van der Waals surface area contributed by atoms with Gasteiger partial charge in [-0.25, -0.2) is 5.43 Å². The maximum Gasteiger partial charge on any atom is 0.259 e. The first kappa shape index (κ1) is 15.9. The number of hydrogen-bond donors (Lipinski definition) is 3. The normalized spacial score (nSPS) is 11.1. The number of carbonyl (C=O) groups is 1. The number of carbonyl (C=O) groups excluding carboxylic acids is 1. The minimum Gasteiger partial charge on any atom is -0.399 e. The van der Waals surface area contributed by atoms with Gasteiger partial charge in [0, 0.05) is 5.69 Å². The molecule has 0 unspecified atom stereocenters. The molecule has 114 valence electrons. The number of amides is 1. The van der Waals surface area contributed by atoms with Crippen LogP contribution in [-0.4, -0.2) is 18.2 Å². The molecule has 5 nitrogen and oxygen atoms in total. The zero-order valence-electron chi connectivity index (χ0n) is 12.1. The molecule has 0 saturated carbocycles. The van der Waals surface area contributed by atoms with E-state index in [-0.39, 0.29) is 12.5 Å². The van der Waals surface area contributed by atoms with Gasteiger partial charge < -0.3 is 11.1 Å². The fraction of sp³-hybridized carbons (Fsp3) is 0.125. The summed E-state index contributed by atoms with van der Waals surface area (Å²) in [6, 6.07) is 14.5. The standard InChI is InChI=1S/C16H17ClN4O/c1-11(12-6-8-13(18)9-7-12)20-21-16(22)10-19-15-5-3-2-4-14(15)17/h2-9,19H,10,18H2,1H3,(H,21,22)/b20-11+. The highest BCUT2D eigenvalue weighted by atomic mass is 35.5. The van der Waals surface area contributed by atoms with Gasteiger partial charge in [-0.3, -0.25) is 4.79 Å². The molecule has 2 aromatic rings. The second-order valence-corrected chi connectivity index (χ2v) is 5.09. The molecule has 2 rings (SSSR count). The van der Waals surface area contributed by atoms with Gasteiger partial charge >= 0.3 is 0 Å². The van der Waals surface area contributed by atoms with Gasteiger partial charge in [-0.1, -0.05) is 35.9 Å². The predicted molar refractivity (Wildman–Crippen MR) is 91.1 cm³/mol. The van der Waals surface area contributed by atoms with Gasteiger partial charge in [-0.15, -0.1) is 0 Å². The molecular weight excluding hydrogens is 300 g/mol. The Kier molecular flexibility index (Phi) is 5.38. The summed E-state index contributed by atoms with van der Waals surface area (Å²) in [4.78, 5) is 11.8. The summed E-state index contributed by atoms with van der Waals surface area (Å²) in [5.41, 5.74) is 11.1. The Bertz CT molecular complexity index is 683. The number of anilines is 2. The number of para-hydroxylation sites is 1. The van der Waals surface area contributed by atoms with Gasteiger partial charge in [0.15, 0.2) is 0 Å². The van der Waals surface area contributed by atoms with Crippen LogP contribution in [0.1, 0.15) is 12.5 Å². The zero-order valence-corrected chi connectivity index (χ0v) is 12.9. The van der Waals surface area contributed by atoms with Crippen molar-refractivity contribution >= 4 is 34.6 Å². The molecule has 0 radical (unpaired) electrons. The molecular formula is C16H17ClN4O. The number of nitrogens with one attached hydrogen (secondary N) is 2. The van der Waals surface area contributed by atoms with E-state index in [0.29, 0.717) is 22.1 Å². The van der Waals surface area contributed by atoms with Crippen molar-refractivity contribution in [2.75, 3.05) is 17.6 Å². The van der Waals surface area contributed by atoms with Crippen LogP contribution in [-0.2, 0) is 4.79 Å². The Morgan fingerprint density at radius 1 is 1.18 bits per heavy atom. The third-order valence-electron chi connectivity index (χ3n) is 2.99. The van der Waals surface area contributed by atoms with Gasteiger partial charge in [-0.2, -0.15) is 5.10 Å². The van der Waals surface area contributed by atoms with E-state index in [9.17, 15) is 4.79 Å². The number of hydrogen-bond acceptors (Lipinski definition) is 4. The van der Waals surface area contributed by atoms with Crippen LogP contribution in [0.5, 0.6) is 0 Å². The summed E-state index contributed by atoms with van der Waals surface area (Å²) < 4.78 is 0. The lowest BCUT2D eigenvalue weighted by atomic mass is 10.1. The molecule has 0 aliphatic rings. The van der Waals surface area contributed by atoms with Crippen LogP contribution in [0.25, 0.3) is 0 Å². The van der Waals surface area contributed by atoms with Crippen LogP contribution < -0.4 is 16.5 Å². The number of nitrogens with zero attached hydrogens (tertiary/aromatic N) is 1. The largest absolute Gasteiger partial charge is 0.399 e. The monoisotopic (exact) mass is 316 g/mol. The van der Waals surface area contributed by atoms with E-state index in [4.69, 9.17) is 17.3 Å². The van der Waals surface area contributed by atoms with Gasteiger partial charge in [0.1, 0.15) is 0 Å². The second kappa shape index (κ2) is 7.47. The molecule has 0 atom stereocenters. The molecule has 2 aromatic carbocycles. The number of hydrazone groups is 1. The topological polar surface area (TPSA) is 79.5 Å². The molecule has 0 bridgehead atoms. The fourth-order valence-electron chi connectivity index (χ4n) is 1.75. The first-order chi connectivity index (χ1) is 10.6. The molecule has 6 heteroatoms. The van der Waals surface area contributed by atoms with Crippen LogP contribution in [0.3, 0.4) is 0 Å². The zero-order chi connectivity index (χ0) is 15.9. The average Bonchev–Trinajstić information content (AvgIpc) is 2.52. The lowest BCUT2D eigenvalue weighted by Crippen LogP contribution is -2.26. The van der Waals surface area contributed by atoms with Crippen molar-refractivity contribution in [2.45, 2.75) is 6.92 Å². The number of rotatable bonds is 5. The Labute approximate surface area is 134 Å². The molecule has 4 N–H and O–H groups in total. The summed E-state index contributed by atoms with van der Waals surface area (Å²) in [5.74, 6) is -0.255. The van der Waals surface area contributed by atoms with Crippen LogP contribution in [0.15, 0.2) is 53.6 Å². The lowest BCUT2D eigenvalue weighted by Gasteiger charge is -2.07. The van der Waals surface area contributed by atoms with Crippen molar-refractivity contribution in [1.82, 2.24) is 5.43 Å². The van der Waals surface area contributed by atoms with Crippen LogP contribution in [0.4, 0.5) is 11.4 Å². The summed E-state index contributed by atoms with van der Waals surface area (Å²) in [5, 5.41) is 7.58. The van der Waals surface area contributed by atoms with E-state index in [0.717, 1.165) is 5.56 Å². The highest BCUT2D eigenvalue weighted by Crippen LogP contribution is 2.19. The molecule has 0 heterocycles. The van der Waals surface area contributed by atoms with Gasteiger partial charge in [0.05, 0.1) is 23.0 Å². The fourth-order valence-corrected chi connectivity index (χ4v) is 1.96. The molecule has 22 heavy (non-hydrogen) atoms. The first-order valence-electron chi connectivity index (χ1n) is 6.73. The summed E-state index contributed by atoms with van der Waals surface area (Å²) >= 11 is 6.00. The Morgan fingerprint density at radius 3 is 2.55 bits per heavy atom. The van der Waals surface area contributed by atoms with Gasteiger partial charge in [0.25, 0.3) is 5.91 Å². The Hall–Kier alpha value is -2.53. The van der Waals surface area contributed by atoms with Crippen molar-refractivity contribution in [1.29, 1.82) is 0 Å². The van der Waals surface area contributed by atoms with Crippen LogP contribution in [0.2, 0.25) is 5.02 Å². The van der Waals surface area contributed by atoms with Crippen molar-refractivity contribution in [3.05, 3.63) is 59.1 Å². The highest BCUT2D eigenvalue weighted by molar-refractivity contribution is 6.33. The molecule has 0 saturated heterocycles. The first-order valence-corrected chi connectivity index (χ1v) is 7.11. The van der Waals surface area contributed by atoms with Crippen molar-refractivity contribution in [2.24, 2.45) is 5.10 Å². The van der Waals surface area contributed by atoms with E-state index in [1.54, 1.807) is 24.3 Å². The van der Waals surface area contributed by atoms with Crippen molar-refractivity contribution in [3.8, 4) is 0 Å². The number of halogens is 1. The smallest absolute Gasteiger partial charge is 0.259 e. The Balaban J connectivity index is 1.88. The summed E-state index contributed by atoms with van der Waals surface area (Å²) in [6.07, 6.45) is 0. The quantitative estimate of drug-likeness (QED) is 0.451. The molecule has 0 aliphatic heterocycles. The minimum absolute atomic E-state index is 0.0856. The minimum atomic E-state index is -0.255. The summed E-state index contributed by atoms with van der Waals surface area (Å²) in [6.45, 7) is 1.90. The van der Waals surface area contributed by atoms with E-state index < -0.39 is 0 Å².